The molecule has 0 saturated carbocycles. The summed E-state index contributed by atoms with van der Waals surface area (Å²) in [6.07, 6.45) is 1.50. The zero-order valence-corrected chi connectivity index (χ0v) is 11.9. The van der Waals surface area contributed by atoms with Crippen molar-refractivity contribution in [3.05, 3.63) is 16.5 Å². The van der Waals surface area contributed by atoms with Crippen molar-refractivity contribution in [1.82, 2.24) is 9.97 Å². The van der Waals surface area contributed by atoms with Crippen molar-refractivity contribution < 1.29 is 4.74 Å². The fourth-order valence-corrected chi connectivity index (χ4v) is 2.29. The van der Waals surface area contributed by atoms with E-state index >= 15 is 0 Å². The summed E-state index contributed by atoms with van der Waals surface area (Å²) in [5.41, 5.74) is 0. The highest BCUT2D eigenvalue weighted by Gasteiger charge is 2.21. The smallest absolute Gasteiger partial charge is 0.161 e. The second kappa shape index (κ2) is 6.12. The quantitative estimate of drug-likeness (QED) is 0.798. The maximum absolute atomic E-state index is 8.91. The minimum absolute atomic E-state index is 0.373. The number of nitriles is 1. The molecular formula is C12H15BrN4O. The van der Waals surface area contributed by atoms with Crippen LogP contribution < -0.4 is 4.90 Å². The van der Waals surface area contributed by atoms with Crippen LogP contribution in [0.4, 0.5) is 5.82 Å². The Morgan fingerprint density at radius 3 is 3.17 bits per heavy atom. The van der Waals surface area contributed by atoms with E-state index in [-0.39, 0.29) is 6.10 Å². The third kappa shape index (κ3) is 3.18. The van der Waals surface area contributed by atoms with Crippen molar-refractivity contribution in [1.29, 1.82) is 5.26 Å². The average molecular weight is 311 g/mol. The summed E-state index contributed by atoms with van der Waals surface area (Å²) < 4.78 is 6.12. The van der Waals surface area contributed by atoms with Gasteiger partial charge in [0.25, 0.3) is 0 Å². The Labute approximate surface area is 115 Å². The summed E-state index contributed by atoms with van der Waals surface area (Å²) in [5.74, 6) is 1.70. The van der Waals surface area contributed by atoms with Crippen LogP contribution in [0.3, 0.4) is 0 Å². The fourth-order valence-electron chi connectivity index (χ4n) is 1.88. The number of morpholine rings is 1. The lowest BCUT2D eigenvalue weighted by atomic mass is 10.3. The summed E-state index contributed by atoms with van der Waals surface area (Å²) in [7, 11) is 0. The number of hydrogen-bond acceptors (Lipinski definition) is 5. The largest absolute Gasteiger partial charge is 0.360 e. The first-order valence-electron chi connectivity index (χ1n) is 6.02. The van der Waals surface area contributed by atoms with Gasteiger partial charge in [-0.05, 0) is 22.4 Å². The molecule has 5 nitrogen and oxygen atoms in total. The van der Waals surface area contributed by atoms with E-state index in [9.17, 15) is 0 Å². The maximum Gasteiger partial charge on any atom is 0.161 e. The molecule has 18 heavy (non-hydrogen) atoms. The van der Waals surface area contributed by atoms with Crippen LogP contribution in [0.1, 0.15) is 19.2 Å². The molecule has 1 aliphatic rings. The van der Waals surface area contributed by atoms with Gasteiger partial charge in [-0.2, -0.15) is 5.26 Å². The Morgan fingerprint density at radius 2 is 2.44 bits per heavy atom. The van der Waals surface area contributed by atoms with Gasteiger partial charge < -0.3 is 9.64 Å². The second-order valence-corrected chi connectivity index (χ2v) is 4.96. The number of halogens is 1. The van der Waals surface area contributed by atoms with Crippen LogP contribution in [-0.4, -0.2) is 35.8 Å². The highest BCUT2D eigenvalue weighted by atomic mass is 79.9. The van der Waals surface area contributed by atoms with Crippen LogP contribution >= 0.6 is 15.9 Å². The van der Waals surface area contributed by atoms with Crippen molar-refractivity contribution in [2.75, 3.05) is 24.6 Å². The summed E-state index contributed by atoms with van der Waals surface area (Å²) in [6.45, 7) is 3.98. The molecule has 0 spiro atoms. The Balaban J connectivity index is 2.19. The SMILES string of the molecule is CCCc1nc(Br)cc(N2CCOC(C#N)C2)n1. The molecule has 1 aromatic rings. The molecule has 2 rings (SSSR count). The average Bonchev–Trinajstić information content (AvgIpc) is 2.38. The van der Waals surface area contributed by atoms with Crippen LogP contribution in [0.5, 0.6) is 0 Å². The molecule has 0 amide bonds. The molecule has 1 fully saturated rings. The number of ether oxygens (including phenoxy) is 1. The first-order chi connectivity index (χ1) is 8.72. The third-order valence-corrected chi connectivity index (χ3v) is 3.14. The van der Waals surface area contributed by atoms with Crippen molar-refractivity contribution in [2.45, 2.75) is 25.9 Å². The van der Waals surface area contributed by atoms with Gasteiger partial charge in [0.05, 0.1) is 19.2 Å². The van der Waals surface area contributed by atoms with Gasteiger partial charge in [-0.25, -0.2) is 9.97 Å². The van der Waals surface area contributed by atoms with Crippen LogP contribution in [0.25, 0.3) is 0 Å². The standard InChI is InChI=1S/C12H15BrN4O/c1-2-3-11-15-10(13)6-12(16-11)17-4-5-18-9(7-14)8-17/h6,9H,2-5,8H2,1H3. The number of aromatic nitrogens is 2. The van der Waals surface area contributed by atoms with E-state index in [2.05, 4.69) is 43.8 Å². The van der Waals surface area contributed by atoms with E-state index in [0.717, 1.165) is 35.6 Å². The van der Waals surface area contributed by atoms with Gasteiger partial charge in [-0.1, -0.05) is 6.92 Å². The van der Waals surface area contributed by atoms with Crippen molar-refractivity contribution >= 4 is 21.7 Å². The van der Waals surface area contributed by atoms with Crippen molar-refractivity contribution in [3.8, 4) is 6.07 Å². The first-order valence-corrected chi connectivity index (χ1v) is 6.82. The highest BCUT2D eigenvalue weighted by molar-refractivity contribution is 9.10. The van der Waals surface area contributed by atoms with E-state index in [1.165, 1.54) is 0 Å². The van der Waals surface area contributed by atoms with E-state index < -0.39 is 0 Å². The molecule has 0 N–H and O–H groups in total. The molecule has 1 aliphatic heterocycles. The molecule has 0 radical (unpaired) electrons. The van der Waals surface area contributed by atoms with Crippen molar-refractivity contribution in [3.63, 3.8) is 0 Å². The second-order valence-electron chi connectivity index (χ2n) is 4.15. The Morgan fingerprint density at radius 1 is 1.61 bits per heavy atom. The zero-order chi connectivity index (χ0) is 13.0. The number of nitrogens with zero attached hydrogens (tertiary/aromatic N) is 4. The lowest BCUT2D eigenvalue weighted by Gasteiger charge is -2.30. The van der Waals surface area contributed by atoms with Gasteiger partial charge >= 0.3 is 0 Å². The van der Waals surface area contributed by atoms with Gasteiger partial charge in [0.2, 0.25) is 0 Å². The normalized spacial score (nSPS) is 19.6. The van der Waals surface area contributed by atoms with Gasteiger partial charge in [0.15, 0.2) is 6.10 Å². The van der Waals surface area contributed by atoms with Crippen molar-refractivity contribution in [2.24, 2.45) is 0 Å². The van der Waals surface area contributed by atoms with E-state index in [4.69, 9.17) is 10.00 Å². The van der Waals surface area contributed by atoms with Gasteiger partial charge in [-0.3, -0.25) is 0 Å². The summed E-state index contributed by atoms with van der Waals surface area (Å²) in [4.78, 5) is 10.9. The molecule has 2 heterocycles. The summed E-state index contributed by atoms with van der Waals surface area (Å²) >= 11 is 3.41. The predicted octanol–water partition coefficient (Wildman–Crippen LogP) is 1.92. The van der Waals surface area contributed by atoms with Crippen LogP contribution in [0.15, 0.2) is 10.7 Å². The topological polar surface area (TPSA) is 62.0 Å². The van der Waals surface area contributed by atoms with E-state index in [1.54, 1.807) is 0 Å². The molecule has 0 bridgehead atoms. The lowest BCUT2D eigenvalue weighted by Crippen LogP contribution is -2.42. The molecule has 96 valence electrons. The maximum atomic E-state index is 8.91. The number of aryl methyl sites for hydroxylation is 1. The highest BCUT2D eigenvalue weighted by Crippen LogP contribution is 2.19. The van der Waals surface area contributed by atoms with E-state index in [0.29, 0.717) is 13.2 Å². The monoisotopic (exact) mass is 310 g/mol. The Kier molecular flexibility index (Phi) is 4.50. The zero-order valence-electron chi connectivity index (χ0n) is 10.3. The molecule has 1 unspecified atom stereocenters. The molecule has 1 aromatic heterocycles. The molecule has 1 saturated heterocycles. The van der Waals surface area contributed by atoms with Gasteiger partial charge in [0.1, 0.15) is 16.2 Å². The van der Waals surface area contributed by atoms with Gasteiger partial charge in [-0.15, -0.1) is 0 Å². The Hall–Kier alpha value is -1.19. The third-order valence-electron chi connectivity index (χ3n) is 2.74. The Bertz CT molecular complexity index is 460. The summed E-state index contributed by atoms with van der Waals surface area (Å²) in [5, 5.41) is 8.91. The minimum atomic E-state index is -0.373. The first kappa shape index (κ1) is 13.2. The molecule has 1 atom stereocenters. The molecule has 0 aromatic carbocycles. The van der Waals surface area contributed by atoms with E-state index in [1.807, 2.05) is 6.07 Å². The minimum Gasteiger partial charge on any atom is -0.360 e. The lowest BCUT2D eigenvalue weighted by molar-refractivity contribution is 0.0761. The van der Waals surface area contributed by atoms with Crippen LogP contribution in [0.2, 0.25) is 0 Å². The summed E-state index contributed by atoms with van der Waals surface area (Å²) in [6, 6.07) is 4.03. The van der Waals surface area contributed by atoms with Gasteiger partial charge in [0, 0.05) is 19.0 Å². The number of rotatable bonds is 3. The number of hydrogen-bond donors (Lipinski definition) is 0. The number of anilines is 1. The fraction of sp³-hybridized carbons (Fsp3) is 0.583. The van der Waals surface area contributed by atoms with Crippen LogP contribution in [-0.2, 0) is 11.2 Å². The molecule has 0 aliphatic carbocycles. The molecular weight excluding hydrogens is 296 g/mol. The predicted molar refractivity (Wildman–Crippen MR) is 71.3 cm³/mol. The van der Waals surface area contributed by atoms with Crippen LogP contribution in [0, 0.1) is 11.3 Å². The molecule has 6 heteroatoms.